The SMILES string of the molecule is Cn1cc(C(NC(=O)CCc2ccc(F)c(F)c2)C2CC(O)C2)cn1. The van der Waals surface area contributed by atoms with Gasteiger partial charge in [0.15, 0.2) is 11.6 Å². The molecule has 7 heteroatoms. The van der Waals surface area contributed by atoms with E-state index < -0.39 is 11.6 Å². The van der Waals surface area contributed by atoms with E-state index >= 15 is 0 Å². The molecule has 0 saturated heterocycles. The number of aromatic nitrogens is 2. The third kappa shape index (κ3) is 4.22. The number of carbonyl (C=O) groups is 1. The summed E-state index contributed by atoms with van der Waals surface area (Å²) in [5.74, 6) is -1.80. The molecule has 1 aromatic heterocycles. The van der Waals surface area contributed by atoms with Crippen LogP contribution in [0.4, 0.5) is 8.78 Å². The Kier molecular flexibility index (Phi) is 5.13. The van der Waals surface area contributed by atoms with E-state index in [1.165, 1.54) is 6.07 Å². The van der Waals surface area contributed by atoms with Crippen molar-refractivity contribution < 1.29 is 18.7 Å². The van der Waals surface area contributed by atoms with E-state index in [1.807, 2.05) is 6.20 Å². The fraction of sp³-hybridized carbons (Fsp3) is 0.444. The summed E-state index contributed by atoms with van der Waals surface area (Å²) in [5, 5.41) is 16.7. The van der Waals surface area contributed by atoms with E-state index in [1.54, 1.807) is 17.9 Å². The van der Waals surface area contributed by atoms with Gasteiger partial charge in [0.2, 0.25) is 5.91 Å². The van der Waals surface area contributed by atoms with Crippen molar-refractivity contribution in [3.63, 3.8) is 0 Å². The average Bonchev–Trinajstić information content (AvgIpc) is 2.97. The third-order valence-electron chi connectivity index (χ3n) is 4.65. The number of aliphatic hydroxyl groups is 1. The third-order valence-corrected chi connectivity index (χ3v) is 4.65. The monoisotopic (exact) mass is 349 g/mol. The molecule has 0 aliphatic heterocycles. The Labute approximate surface area is 144 Å². The molecule has 2 N–H and O–H groups in total. The summed E-state index contributed by atoms with van der Waals surface area (Å²) in [6.07, 6.45) is 5.04. The number of nitrogens with one attached hydrogen (secondary N) is 1. The second kappa shape index (κ2) is 7.31. The second-order valence-corrected chi connectivity index (χ2v) is 6.63. The zero-order valence-electron chi connectivity index (χ0n) is 14.0. The standard InChI is InChI=1S/C18H21F2N3O2/c1-23-10-13(9-21-23)18(12-7-14(24)8-12)22-17(25)5-3-11-2-4-15(19)16(20)6-11/h2,4,6,9-10,12,14,18,24H,3,5,7-8H2,1H3,(H,22,25). The molecule has 3 rings (SSSR count). The van der Waals surface area contributed by atoms with Gasteiger partial charge in [-0.2, -0.15) is 5.10 Å². The fourth-order valence-electron chi connectivity index (χ4n) is 3.17. The number of nitrogens with zero attached hydrogens (tertiary/aromatic N) is 2. The number of aliphatic hydroxyl groups excluding tert-OH is 1. The number of hydrogen-bond acceptors (Lipinski definition) is 3. The zero-order chi connectivity index (χ0) is 18.0. The van der Waals surface area contributed by atoms with Crippen LogP contribution in [-0.2, 0) is 18.3 Å². The molecule has 1 heterocycles. The minimum Gasteiger partial charge on any atom is -0.393 e. The van der Waals surface area contributed by atoms with Gasteiger partial charge in [0.25, 0.3) is 0 Å². The van der Waals surface area contributed by atoms with E-state index in [0.29, 0.717) is 24.8 Å². The average molecular weight is 349 g/mol. The quantitative estimate of drug-likeness (QED) is 0.841. The van der Waals surface area contributed by atoms with Crippen LogP contribution >= 0.6 is 0 Å². The molecule has 2 aromatic rings. The van der Waals surface area contributed by atoms with E-state index in [0.717, 1.165) is 17.7 Å². The Balaban J connectivity index is 1.61. The van der Waals surface area contributed by atoms with Crippen LogP contribution in [0.25, 0.3) is 0 Å². The largest absolute Gasteiger partial charge is 0.393 e. The molecule has 1 aliphatic rings. The highest BCUT2D eigenvalue weighted by Crippen LogP contribution is 2.38. The Morgan fingerprint density at radius 3 is 2.76 bits per heavy atom. The van der Waals surface area contributed by atoms with Gasteiger partial charge in [-0.15, -0.1) is 0 Å². The second-order valence-electron chi connectivity index (χ2n) is 6.63. The Morgan fingerprint density at radius 2 is 2.16 bits per heavy atom. The highest BCUT2D eigenvalue weighted by molar-refractivity contribution is 5.76. The molecule has 0 radical (unpaired) electrons. The molecule has 134 valence electrons. The fourth-order valence-corrected chi connectivity index (χ4v) is 3.17. The number of rotatable bonds is 6. The van der Waals surface area contributed by atoms with Crippen LogP contribution in [0.5, 0.6) is 0 Å². The maximum absolute atomic E-state index is 13.2. The summed E-state index contributed by atoms with van der Waals surface area (Å²) in [6.45, 7) is 0. The van der Waals surface area contributed by atoms with Crippen LogP contribution in [-0.4, -0.2) is 26.9 Å². The van der Waals surface area contributed by atoms with Gasteiger partial charge in [-0.3, -0.25) is 9.48 Å². The van der Waals surface area contributed by atoms with Crippen LogP contribution in [0.2, 0.25) is 0 Å². The number of benzene rings is 1. The van der Waals surface area contributed by atoms with Gasteiger partial charge < -0.3 is 10.4 Å². The van der Waals surface area contributed by atoms with E-state index in [2.05, 4.69) is 10.4 Å². The first kappa shape index (κ1) is 17.5. The minimum atomic E-state index is -0.908. The van der Waals surface area contributed by atoms with Crippen LogP contribution < -0.4 is 5.32 Å². The summed E-state index contributed by atoms with van der Waals surface area (Å²) in [6, 6.07) is 3.46. The van der Waals surface area contributed by atoms with Gasteiger partial charge >= 0.3 is 0 Å². The van der Waals surface area contributed by atoms with Crippen LogP contribution in [0, 0.1) is 17.6 Å². The molecule has 1 atom stereocenters. The smallest absolute Gasteiger partial charge is 0.220 e. The Bertz CT molecular complexity index is 757. The summed E-state index contributed by atoms with van der Waals surface area (Å²) in [5.41, 5.74) is 1.48. The summed E-state index contributed by atoms with van der Waals surface area (Å²) >= 11 is 0. The van der Waals surface area contributed by atoms with Gasteiger partial charge in [0.1, 0.15) is 0 Å². The first-order chi connectivity index (χ1) is 11.9. The number of halogens is 2. The van der Waals surface area contributed by atoms with Crippen LogP contribution in [0.1, 0.15) is 36.4 Å². The van der Waals surface area contributed by atoms with Gasteiger partial charge in [-0.25, -0.2) is 8.78 Å². The molecule has 1 saturated carbocycles. The van der Waals surface area contributed by atoms with Gasteiger partial charge in [0.05, 0.1) is 18.3 Å². The van der Waals surface area contributed by atoms with Gasteiger partial charge in [-0.1, -0.05) is 6.07 Å². The van der Waals surface area contributed by atoms with E-state index in [4.69, 9.17) is 0 Å². The molecule has 5 nitrogen and oxygen atoms in total. The highest BCUT2D eigenvalue weighted by Gasteiger charge is 2.36. The van der Waals surface area contributed by atoms with Gasteiger partial charge in [-0.05, 0) is 42.9 Å². The first-order valence-corrected chi connectivity index (χ1v) is 8.32. The zero-order valence-corrected chi connectivity index (χ0v) is 14.0. The van der Waals surface area contributed by atoms with Gasteiger partial charge in [0, 0.05) is 25.2 Å². The number of amides is 1. The van der Waals surface area contributed by atoms with Crippen molar-refractivity contribution in [1.82, 2.24) is 15.1 Å². The minimum absolute atomic E-state index is 0.167. The molecule has 1 aromatic carbocycles. The predicted molar refractivity (Wildman–Crippen MR) is 87.5 cm³/mol. The Hall–Kier alpha value is -2.28. The van der Waals surface area contributed by atoms with Crippen molar-refractivity contribution in [2.24, 2.45) is 13.0 Å². The molecule has 0 spiro atoms. The summed E-state index contributed by atoms with van der Waals surface area (Å²) in [4.78, 5) is 12.3. The van der Waals surface area contributed by atoms with E-state index in [9.17, 15) is 18.7 Å². The molecule has 1 unspecified atom stereocenters. The molecular weight excluding hydrogens is 328 g/mol. The molecule has 1 fully saturated rings. The molecule has 0 bridgehead atoms. The molecule has 1 amide bonds. The lowest BCUT2D eigenvalue weighted by Gasteiger charge is -2.37. The number of carbonyl (C=O) groups excluding carboxylic acids is 1. The predicted octanol–water partition coefficient (Wildman–Crippen LogP) is 2.26. The summed E-state index contributed by atoms with van der Waals surface area (Å²) < 4.78 is 27.8. The topological polar surface area (TPSA) is 67.2 Å². The van der Waals surface area contributed by atoms with Crippen molar-refractivity contribution in [3.05, 3.63) is 53.4 Å². The molecule has 1 aliphatic carbocycles. The number of hydrogen-bond donors (Lipinski definition) is 2. The van der Waals surface area contributed by atoms with Crippen LogP contribution in [0.15, 0.2) is 30.6 Å². The summed E-state index contributed by atoms with van der Waals surface area (Å²) in [7, 11) is 1.81. The maximum atomic E-state index is 13.2. The van der Waals surface area contributed by atoms with Crippen LogP contribution in [0.3, 0.4) is 0 Å². The lowest BCUT2D eigenvalue weighted by molar-refractivity contribution is -0.123. The highest BCUT2D eigenvalue weighted by atomic mass is 19.2. The normalized spacial score (nSPS) is 20.8. The lowest BCUT2D eigenvalue weighted by atomic mass is 9.75. The van der Waals surface area contributed by atoms with Crippen molar-refractivity contribution in [2.45, 2.75) is 37.8 Å². The molecule has 25 heavy (non-hydrogen) atoms. The number of aryl methyl sites for hydroxylation is 2. The lowest BCUT2D eigenvalue weighted by Crippen LogP contribution is -2.41. The van der Waals surface area contributed by atoms with Crippen molar-refractivity contribution in [2.75, 3.05) is 0 Å². The molecular formula is C18H21F2N3O2. The first-order valence-electron chi connectivity index (χ1n) is 8.32. The maximum Gasteiger partial charge on any atom is 0.220 e. The van der Waals surface area contributed by atoms with E-state index in [-0.39, 0.29) is 30.4 Å². The van der Waals surface area contributed by atoms with Crippen molar-refractivity contribution in [1.29, 1.82) is 0 Å². The van der Waals surface area contributed by atoms with Crippen molar-refractivity contribution in [3.8, 4) is 0 Å². The Morgan fingerprint density at radius 1 is 1.40 bits per heavy atom. The van der Waals surface area contributed by atoms with Crippen molar-refractivity contribution >= 4 is 5.91 Å².